The molecule has 0 radical (unpaired) electrons. The number of benzene rings is 1. The molecular weight excluding hydrogens is 279 g/mol. The summed E-state index contributed by atoms with van der Waals surface area (Å²) < 4.78 is 36.4. The lowest BCUT2D eigenvalue weighted by Crippen LogP contribution is -2.21. The quantitative estimate of drug-likeness (QED) is 0.775. The average molecular weight is 291 g/mol. The summed E-state index contributed by atoms with van der Waals surface area (Å²) in [6.07, 6.45) is -4.10. The summed E-state index contributed by atoms with van der Waals surface area (Å²) >= 11 is 0. The molecule has 0 unspecified atom stereocenters. The van der Waals surface area contributed by atoms with E-state index in [4.69, 9.17) is 9.90 Å². The molecule has 0 amide bonds. The molecule has 2 rings (SSSR count). The lowest BCUT2D eigenvalue weighted by molar-refractivity contribution is -0.192. The second-order valence-electron chi connectivity index (χ2n) is 3.81. The van der Waals surface area contributed by atoms with Gasteiger partial charge in [-0.1, -0.05) is 12.1 Å². The molecule has 0 atom stereocenters. The molecule has 1 aromatic carbocycles. The number of carboxylic acids is 1. The van der Waals surface area contributed by atoms with Gasteiger partial charge in [-0.2, -0.15) is 13.2 Å². The van der Waals surface area contributed by atoms with E-state index in [0.717, 1.165) is 18.7 Å². The van der Waals surface area contributed by atoms with Gasteiger partial charge < -0.3 is 15.2 Å². The van der Waals surface area contributed by atoms with Gasteiger partial charge in [-0.15, -0.1) is 0 Å². The summed E-state index contributed by atoms with van der Waals surface area (Å²) in [5.41, 5.74) is 2.77. The predicted molar refractivity (Wildman–Crippen MR) is 63.7 cm³/mol. The number of aliphatic carboxylic acids is 1. The van der Waals surface area contributed by atoms with Gasteiger partial charge in [0, 0.05) is 6.54 Å². The fraction of sp³-hybridized carbons (Fsp3) is 0.333. The van der Waals surface area contributed by atoms with Crippen LogP contribution >= 0.6 is 0 Å². The third kappa shape index (κ3) is 3.87. The average Bonchev–Trinajstić information content (AvgIpc) is 2.85. The topological polar surface area (TPSA) is 75.6 Å². The van der Waals surface area contributed by atoms with Crippen molar-refractivity contribution in [3.63, 3.8) is 0 Å². The van der Waals surface area contributed by atoms with Crippen LogP contribution in [0.4, 0.5) is 18.9 Å². The van der Waals surface area contributed by atoms with Crippen molar-refractivity contribution in [3.8, 4) is 0 Å². The minimum absolute atomic E-state index is 0.272. The lowest BCUT2D eigenvalue weighted by atomic mass is 10.1. The van der Waals surface area contributed by atoms with Gasteiger partial charge in [-0.05, 0) is 18.1 Å². The maximum absolute atomic E-state index is 11.3. The van der Waals surface area contributed by atoms with Crippen LogP contribution in [0.3, 0.4) is 0 Å². The van der Waals surface area contributed by atoms with E-state index in [1.165, 1.54) is 12.7 Å². The van der Waals surface area contributed by atoms with Crippen molar-refractivity contribution >= 4 is 17.6 Å². The number of alkyl halides is 3. The van der Waals surface area contributed by atoms with E-state index >= 15 is 0 Å². The van der Waals surface area contributed by atoms with Crippen LogP contribution < -0.4 is 5.32 Å². The van der Waals surface area contributed by atoms with Crippen molar-refractivity contribution in [3.05, 3.63) is 29.3 Å². The number of nitrogens with one attached hydrogen (secondary N) is 1. The Morgan fingerprint density at radius 3 is 2.45 bits per heavy atom. The van der Waals surface area contributed by atoms with Gasteiger partial charge in [0.05, 0.1) is 18.4 Å². The molecule has 0 fully saturated rings. The van der Waals surface area contributed by atoms with Gasteiger partial charge in [0.25, 0.3) is 0 Å². The second-order valence-corrected chi connectivity index (χ2v) is 3.81. The molecule has 0 bridgehead atoms. The summed E-state index contributed by atoms with van der Waals surface area (Å²) in [5.74, 6) is -3.03. The Kier molecular flexibility index (Phi) is 4.95. The fourth-order valence-electron chi connectivity index (χ4n) is 1.62. The van der Waals surface area contributed by atoms with Crippen molar-refractivity contribution in [2.45, 2.75) is 12.6 Å². The van der Waals surface area contributed by atoms with Crippen LogP contribution in [0.2, 0.25) is 0 Å². The number of anilines is 1. The number of carbonyl (C=O) groups is 2. The molecule has 1 aliphatic heterocycles. The van der Waals surface area contributed by atoms with Gasteiger partial charge in [-0.25, -0.2) is 9.59 Å². The van der Waals surface area contributed by atoms with Crippen molar-refractivity contribution in [1.29, 1.82) is 0 Å². The number of para-hydroxylation sites is 1. The van der Waals surface area contributed by atoms with Crippen molar-refractivity contribution < 1.29 is 32.6 Å². The van der Waals surface area contributed by atoms with Gasteiger partial charge in [0.15, 0.2) is 0 Å². The molecule has 2 N–H and O–H groups in total. The zero-order chi connectivity index (χ0) is 15.3. The molecule has 0 spiro atoms. The minimum Gasteiger partial charge on any atom is -0.475 e. The maximum atomic E-state index is 11.3. The highest BCUT2D eigenvalue weighted by Crippen LogP contribution is 2.26. The molecule has 0 aromatic heterocycles. The number of carboxylic acid groups (broad SMARTS) is 1. The number of methoxy groups -OCH3 is 1. The number of fused-ring (bicyclic) bond motifs is 1. The number of esters is 1. The predicted octanol–water partition coefficient (Wildman–Crippen LogP) is 2.07. The second kappa shape index (κ2) is 6.27. The Balaban J connectivity index is 0.000000246. The van der Waals surface area contributed by atoms with E-state index in [1.807, 2.05) is 12.1 Å². The summed E-state index contributed by atoms with van der Waals surface area (Å²) in [7, 11) is 1.40. The maximum Gasteiger partial charge on any atom is 0.490 e. The number of rotatable bonds is 1. The molecule has 5 nitrogen and oxygen atoms in total. The highest BCUT2D eigenvalue weighted by Gasteiger charge is 2.38. The van der Waals surface area contributed by atoms with Crippen molar-refractivity contribution in [2.24, 2.45) is 0 Å². The van der Waals surface area contributed by atoms with E-state index in [0.29, 0.717) is 5.56 Å². The highest BCUT2D eigenvalue weighted by atomic mass is 19.4. The summed E-state index contributed by atoms with van der Waals surface area (Å²) in [5, 5.41) is 10.3. The van der Waals surface area contributed by atoms with Crippen LogP contribution in [-0.2, 0) is 16.0 Å². The SMILES string of the molecule is COC(=O)c1cccc2c1NCC2.O=C(O)C(F)(F)F. The Bertz CT molecular complexity index is 514. The van der Waals surface area contributed by atoms with E-state index in [1.54, 1.807) is 6.07 Å². The normalized spacial score (nSPS) is 12.6. The Morgan fingerprint density at radius 1 is 1.35 bits per heavy atom. The van der Waals surface area contributed by atoms with Crippen LogP contribution in [-0.4, -0.2) is 36.9 Å². The molecule has 20 heavy (non-hydrogen) atoms. The molecule has 1 heterocycles. The van der Waals surface area contributed by atoms with Crippen LogP contribution in [0, 0.1) is 0 Å². The molecule has 0 saturated heterocycles. The molecule has 110 valence electrons. The largest absolute Gasteiger partial charge is 0.490 e. The smallest absolute Gasteiger partial charge is 0.475 e. The van der Waals surface area contributed by atoms with Crippen LogP contribution in [0.25, 0.3) is 0 Å². The number of halogens is 3. The first-order valence-corrected chi connectivity index (χ1v) is 5.51. The molecule has 0 saturated carbocycles. The number of ether oxygens (including phenoxy) is 1. The van der Waals surface area contributed by atoms with E-state index in [-0.39, 0.29) is 5.97 Å². The fourth-order valence-corrected chi connectivity index (χ4v) is 1.62. The van der Waals surface area contributed by atoms with Crippen LogP contribution in [0.15, 0.2) is 18.2 Å². The zero-order valence-electron chi connectivity index (χ0n) is 10.5. The van der Waals surface area contributed by atoms with Gasteiger partial charge in [0.2, 0.25) is 0 Å². The van der Waals surface area contributed by atoms with E-state index in [2.05, 4.69) is 10.1 Å². The Labute approximate surface area is 112 Å². The summed E-state index contributed by atoms with van der Waals surface area (Å²) in [6, 6.07) is 5.70. The Hall–Kier alpha value is -2.25. The lowest BCUT2D eigenvalue weighted by Gasteiger charge is -2.05. The first kappa shape index (κ1) is 15.8. The molecule has 1 aromatic rings. The van der Waals surface area contributed by atoms with Gasteiger partial charge in [-0.3, -0.25) is 0 Å². The third-order valence-corrected chi connectivity index (χ3v) is 2.49. The minimum atomic E-state index is -5.08. The van der Waals surface area contributed by atoms with Crippen LogP contribution in [0.1, 0.15) is 15.9 Å². The number of hydrogen-bond donors (Lipinski definition) is 2. The monoisotopic (exact) mass is 291 g/mol. The third-order valence-electron chi connectivity index (χ3n) is 2.49. The Morgan fingerprint density at radius 2 is 1.95 bits per heavy atom. The van der Waals surface area contributed by atoms with Crippen molar-refractivity contribution in [2.75, 3.05) is 19.0 Å². The molecule has 0 aliphatic carbocycles. The number of carbonyl (C=O) groups excluding carboxylic acids is 1. The highest BCUT2D eigenvalue weighted by molar-refractivity contribution is 5.96. The molecule has 8 heteroatoms. The van der Waals surface area contributed by atoms with E-state index < -0.39 is 12.1 Å². The van der Waals surface area contributed by atoms with Crippen molar-refractivity contribution in [1.82, 2.24) is 0 Å². The van der Waals surface area contributed by atoms with Crippen LogP contribution in [0.5, 0.6) is 0 Å². The first-order chi connectivity index (χ1) is 9.27. The van der Waals surface area contributed by atoms with Gasteiger partial charge in [0.1, 0.15) is 0 Å². The van der Waals surface area contributed by atoms with E-state index in [9.17, 15) is 18.0 Å². The standard InChI is InChI=1S/C10H11NO2.C2HF3O2/c1-13-10(12)8-4-2-3-7-5-6-11-9(7)8;3-2(4,5)1(6)7/h2-4,11H,5-6H2,1H3;(H,6,7). The molecule has 1 aliphatic rings. The zero-order valence-corrected chi connectivity index (χ0v) is 10.5. The number of hydrogen-bond acceptors (Lipinski definition) is 4. The summed E-state index contributed by atoms with van der Waals surface area (Å²) in [6.45, 7) is 0.906. The molecular formula is C12H12F3NO4. The summed E-state index contributed by atoms with van der Waals surface area (Å²) in [4.78, 5) is 20.2. The van der Waals surface area contributed by atoms with Gasteiger partial charge >= 0.3 is 18.1 Å². The first-order valence-electron chi connectivity index (χ1n) is 5.51.